The molecular formula is C18H20F3N3OS. The Morgan fingerprint density at radius 1 is 1.42 bits per heavy atom. The van der Waals surface area contributed by atoms with E-state index in [0.29, 0.717) is 22.2 Å². The number of carbonyl (C=O) groups is 1. The Balaban J connectivity index is 1.66. The van der Waals surface area contributed by atoms with Crippen LogP contribution in [0.5, 0.6) is 0 Å². The molecular weight excluding hydrogens is 363 g/mol. The fourth-order valence-corrected chi connectivity index (χ4v) is 3.95. The van der Waals surface area contributed by atoms with Crippen LogP contribution in [0.25, 0.3) is 10.6 Å². The molecule has 0 spiro atoms. The molecule has 8 heteroatoms. The standard InChI is InChI=1S/C18H20F3N3OS/c1-22-9-12-5-6-24(10-12)16(25)8-15-11-26-17(23-15)13-3-2-4-14(7-13)18(19,20)21/h2-4,7,11-12,22H,5-6,8-10H2,1H3. The number of thiazole rings is 1. The lowest BCUT2D eigenvalue weighted by Crippen LogP contribution is -2.31. The molecule has 1 fully saturated rings. The van der Waals surface area contributed by atoms with Crippen LogP contribution in [0.15, 0.2) is 29.6 Å². The van der Waals surface area contributed by atoms with Crippen molar-refractivity contribution in [3.8, 4) is 10.6 Å². The fourth-order valence-electron chi connectivity index (χ4n) is 3.13. The number of carbonyl (C=O) groups excluding carboxylic acids is 1. The number of rotatable bonds is 5. The highest BCUT2D eigenvalue weighted by atomic mass is 32.1. The van der Waals surface area contributed by atoms with Gasteiger partial charge in [0.05, 0.1) is 17.7 Å². The van der Waals surface area contributed by atoms with E-state index < -0.39 is 11.7 Å². The van der Waals surface area contributed by atoms with Crippen LogP contribution in [0.4, 0.5) is 13.2 Å². The Bertz CT molecular complexity index is 775. The molecule has 1 atom stereocenters. The quantitative estimate of drug-likeness (QED) is 0.860. The Morgan fingerprint density at radius 3 is 2.96 bits per heavy atom. The zero-order valence-electron chi connectivity index (χ0n) is 14.3. The van der Waals surface area contributed by atoms with Crippen LogP contribution < -0.4 is 5.32 Å². The highest BCUT2D eigenvalue weighted by Crippen LogP contribution is 2.33. The van der Waals surface area contributed by atoms with Gasteiger partial charge in [0.1, 0.15) is 5.01 Å². The number of hydrogen-bond donors (Lipinski definition) is 1. The van der Waals surface area contributed by atoms with E-state index in [1.165, 1.54) is 17.4 Å². The van der Waals surface area contributed by atoms with Crippen molar-refractivity contribution in [1.82, 2.24) is 15.2 Å². The summed E-state index contributed by atoms with van der Waals surface area (Å²) in [6.07, 6.45) is -3.22. The van der Waals surface area contributed by atoms with Gasteiger partial charge >= 0.3 is 6.18 Å². The third-order valence-electron chi connectivity index (χ3n) is 4.45. The summed E-state index contributed by atoms with van der Waals surface area (Å²) in [5, 5.41) is 5.37. The molecule has 1 aromatic heterocycles. The first kappa shape index (κ1) is 18.8. The van der Waals surface area contributed by atoms with Crippen molar-refractivity contribution in [3.05, 3.63) is 40.9 Å². The summed E-state index contributed by atoms with van der Waals surface area (Å²) >= 11 is 1.26. The minimum Gasteiger partial charge on any atom is -0.342 e. The topological polar surface area (TPSA) is 45.2 Å². The number of alkyl halides is 3. The number of nitrogens with zero attached hydrogens (tertiary/aromatic N) is 2. The summed E-state index contributed by atoms with van der Waals surface area (Å²) in [4.78, 5) is 18.6. The van der Waals surface area contributed by atoms with Crippen LogP contribution in [-0.4, -0.2) is 42.5 Å². The predicted octanol–water partition coefficient (Wildman–Crippen LogP) is 3.44. The third-order valence-corrected chi connectivity index (χ3v) is 5.39. The maximum atomic E-state index is 12.8. The van der Waals surface area contributed by atoms with Gasteiger partial charge in [0.2, 0.25) is 5.91 Å². The van der Waals surface area contributed by atoms with Gasteiger partial charge in [-0.25, -0.2) is 4.98 Å². The number of benzene rings is 1. The van der Waals surface area contributed by atoms with Crippen molar-refractivity contribution in [1.29, 1.82) is 0 Å². The fraction of sp³-hybridized carbons (Fsp3) is 0.444. The van der Waals surface area contributed by atoms with Crippen LogP contribution >= 0.6 is 11.3 Å². The Morgan fingerprint density at radius 2 is 2.23 bits per heavy atom. The average Bonchev–Trinajstić information content (AvgIpc) is 3.24. The number of nitrogens with one attached hydrogen (secondary N) is 1. The van der Waals surface area contributed by atoms with Crippen molar-refractivity contribution >= 4 is 17.2 Å². The third kappa shape index (κ3) is 4.42. The largest absolute Gasteiger partial charge is 0.416 e. The van der Waals surface area contributed by atoms with Gasteiger partial charge < -0.3 is 10.2 Å². The van der Waals surface area contributed by atoms with Gasteiger partial charge in [0.25, 0.3) is 0 Å². The molecule has 0 aliphatic carbocycles. The maximum absolute atomic E-state index is 12.8. The summed E-state index contributed by atoms with van der Waals surface area (Å²) in [5.41, 5.74) is 0.318. The van der Waals surface area contributed by atoms with E-state index in [2.05, 4.69) is 10.3 Å². The highest BCUT2D eigenvalue weighted by Gasteiger charge is 2.31. The van der Waals surface area contributed by atoms with Crippen LogP contribution in [-0.2, 0) is 17.4 Å². The molecule has 1 aliphatic heterocycles. The van der Waals surface area contributed by atoms with Crippen molar-refractivity contribution in [2.45, 2.75) is 19.0 Å². The Hall–Kier alpha value is -1.93. The van der Waals surface area contributed by atoms with Crippen molar-refractivity contribution in [2.75, 3.05) is 26.7 Å². The SMILES string of the molecule is CNCC1CCN(C(=O)Cc2csc(-c3cccc(C(F)(F)F)c3)n2)C1. The summed E-state index contributed by atoms with van der Waals surface area (Å²) in [6, 6.07) is 5.10. The second-order valence-corrected chi connectivity index (χ2v) is 7.31. The maximum Gasteiger partial charge on any atom is 0.416 e. The minimum atomic E-state index is -4.38. The molecule has 2 heterocycles. The average molecular weight is 383 g/mol. The van der Waals surface area contributed by atoms with E-state index in [0.717, 1.165) is 38.2 Å². The van der Waals surface area contributed by atoms with Gasteiger partial charge in [0, 0.05) is 24.0 Å². The normalized spacial score (nSPS) is 17.7. The first-order chi connectivity index (χ1) is 12.4. The van der Waals surface area contributed by atoms with Gasteiger partial charge in [-0.1, -0.05) is 12.1 Å². The molecule has 0 radical (unpaired) electrons. The minimum absolute atomic E-state index is 0.0181. The van der Waals surface area contributed by atoms with Crippen LogP contribution in [0.2, 0.25) is 0 Å². The van der Waals surface area contributed by atoms with Gasteiger partial charge in [0.15, 0.2) is 0 Å². The number of amides is 1. The summed E-state index contributed by atoms with van der Waals surface area (Å²) in [5.74, 6) is 0.490. The second kappa shape index (κ2) is 7.75. The van der Waals surface area contributed by atoms with Gasteiger partial charge in [-0.2, -0.15) is 13.2 Å². The van der Waals surface area contributed by atoms with Crippen LogP contribution in [0, 0.1) is 5.92 Å². The van der Waals surface area contributed by atoms with E-state index in [1.54, 1.807) is 11.4 Å². The molecule has 2 aromatic rings. The molecule has 1 aliphatic rings. The summed E-state index contributed by atoms with van der Waals surface area (Å²) < 4.78 is 38.5. The van der Waals surface area contributed by atoms with Crippen molar-refractivity contribution < 1.29 is 18.0 Å². The van der Waals surface area contributed by atoms with Gasteiger partial charge in [-0.05, 0) is 38.1 Å². The molecule has 1 aromatic carbocycles. The molecule has 4 nitrogen and oxygen atoms in total. The number of likely N-dealkylation sites (tertiary alicyclic amines) is 1. The first-order valence-corrected chi connectivity index (χ1v) is 9.29. The smallest absolute Gasteiger partial charge is 0.342 e. The van der Waals surface area contributed by atoms with Crippen LogP contribution in [0.1, 0.15) is 17.7 Å². The highest BCUT2D eigenvalue weighted by molar-refractivity contribution is 7.13. The molecule has 3 rings (SSSR count). The molecule has 0 bridgehead atoms. The number of aromatic nitrogens is 1. The molecule has 1 saturated heterocycles. The molecule has 0 saturated carbocycles. The lowest BCUT2D eigenvalue weighted by atomic mass is 10.1. The monoisotopic (exact) mass is 383 g/mol. The van der Waals surface area contributed by atoms with E-state index in [4.69, 9.17) is 0 Å². The first-order valence-electron chi connectivity index (χ1n) is 8.41. The molecule has 140 valence electrons. The van der Waals surface area contributed by atoms with Crippen LogP contribution in [0.3, 0.4) is 0 Å². The lowest BCUT2D eigenvalue weighted by Gasteiger charge is -2.15. The molecule has 26 heavy (non-hydrogen) atoms. The number of hydrogen-bond acceptors (Lipinski definition) is 4. The van der Waals surface area contributed by atoms with Crippen molar-refractivity contribution in [3.63, 3.8) is 0 Å². The predicted molar refractivity (Wildman–Crippen MR) is 94.9 cm³/mol. The van der Waals surface area contributed by atoms with E-state index >= 15 is 0 Å². The summed E-state index contributed by atoms with van der Waals surface area (Å²) in [7, 11) is 1.90. The van der Waals surface area contributed by atoms with E-state index in [1.807, 2.05) is 11.9 Å². The molecule has 1 N–H and O–H groups in total. The van der Waals surface area contributed by atoms with Gasteiger partial charge in [-0.3, -0.25) is 4.79 Å². The second-order valence-electron chi connectivity index (χ2n) is 6.45. The zero-order valence-corrected chi connectivity index (χ0v) is 15.2. The molecule has 1 amide bonds. The lowest BCUT2D eigenvalue weighted by molar-refractivity contribution is -0.137. The Kier molecular flexibility index (Phi) is 5.62. The molecule has 1 unspecified atom stereocenters. The van der Waals surface area contributed by atoms with E-state index in [9.17, 15) is 18.0 Å². The zero-order chi connectivity index (χ0) is 18.7. The van der Waals surface area contributed by atoms with Crippen molar-refractivity contribution in [2.24, 2.45) is 5.92 Å². The Labute approximate surface area is 154 Å². The van der Waals surface area contributed by atoms with Gasteiger partial charge in [-0.15, -0.1) is 11.3 Å². The number of halogens is 3. The summed E-state index contributed by atoms with van der Waals surface area (Å²) in [6.45, 7) is 2.38. The van der Waals surface area contributed by atoms with E-state index in [-0.39, 0.29) is 12.3 Å².